The lowest BCUT2D eigenvalue weighted by Crippen LogP contribution is -2.15. The largest absolute Gasteiger partial charge is 0.385 e. The lowest BCUT2D eigenvalue weighted by Gasteiger charge is -2.18. The molecule has 1 aromatic carbocycles. The molecule has 2 rings (SSSR count). The summed E-state index contributed by atoms with van der Waals surface area (Å²) in [5.74, 6) is 0.589. The molecule has 1 aromatic rings. The van der Waals surface area contributed by atoms with Crippen molar-refractivity contribution in [2.24, 2.45) is 5.92 Å². The second-order valence-corrected chi connectivity index (χ2v) is 4.63. The number of hydrogen-bond acceptors (Lipinski definition) is 4. The molecule has 1 unspecified atom stereocenters. The molecule has 0 saturated heterocycles. The monoisotopic (exact) mass is 257 g/mol. The number of nitro benzene ring substituents is 1. The van der Waals surface area contributed by atoms with E-state index in [2.05, 4.69) is 17.5 Å². The smallest absolute Gasteiger partial charge is 0.287 e. The Hall–Kier alpha value is -2.35. The van der Waals surface area contributed by atoms with Gasteiger partial charge in [0.25, 0.3) is 5.69 Å². The fraction of sp³-hybridized carbons (Fsp3) is 0.357. The third kappa shape index (κ3) is 3.32. The van der Waals surface area contributed by atoms with Crippen LogP contribution in [0.4, 0.5) is 11.4 Å². The zero-order valence-corrected chi connectivity index (χ0v) is 10.5. The fourth-order valence-corrected chi connectivity index (χ4v) is 2.20. The minimum absolute atomic E-state index is 0.0959. The molecule has 1 atom stereocenters. The molecule has 0 aliphatic heterocycles. The number of benzene rings is 1. The number of nitrogens with one attached hydrogen (secondary N) is 1. The highest BCUT2D eigenvalue weighted by Gasteiger charge is 2.14. The second kappa shape index (κ2) is 6.01. The Balaban J connectivity index is 2.03. The van der Waals surface area contributed by atoms with Crippen molar-refractivity contribution in [2.45, 2.75) is 19.3 Å². The van der Waals surface area contributed by atoms with E-state index in [0.29, 0.717) is 5.92 Å². The van der Waals surface area contributed by atoms with Crippen LogP contribution in [0.5, 0.6) is 0 Å². The highest BCUT2D eigenvalue weighted by Crippen LogP contribution is 2.23. The van der Waals surface area contributed by atoms with Crippen molar-refractivity contribution in [1.29, 1.82) is 5.26 Å². The van der Waals surface area contributed by atoms with E-state index in [4.69, 9.17) is 5.26 Å². The molecule has 0 radical (unpaired) electrons. The minimum atomic E-state index is -0.533. The Kier molecular flexibility index (Phi) is 4.14. The molecule has 19 heavy (non-hydrogen) atoms. The van der Waals surface area contributed by atoms with Crippen molar-refractivity contribution in [3.8, 4) is 6.07 Å². The maximum atomic E-state index is 10.7. The molecule has 0 heterocycles. The van der Waals surface area contributed by atoms with Gasteiger partial charge in [-0.15, -0.1) is 0 Å². The maximum Gasteiger partial charge on any atom is 0.287 e. The fourth-order valence-electron chi connectivity index (χ4n) is 2.20. The summed E-state index contributed by atoms with van der Waals surface area (Å²) in [6.07, 6.45) is 7.70. The van der Waals surface area contributed by atoms with Crippen LogP contribution < -0.4 is 5.32 Å². The third-order valence-corrected chi connectivity index (χ3v) is 3.29. The number of nitrogens with zero attached hydrogens (tertiary/aromatic N) is 2. The summed E-state index contributed by atoms with van der Waals surface area (Å²) < 4.78 is 0. The Bertz CT molecular complexity index is 546. The summed E-state index contributed by atoms with van der Waals surface area (Å²) in [7, 11) is 0. The summed E-state index contributed by atoms with van der Waals surface area (Å²) in [6.45, 7) is 0.826. The van der Waals surface area contributed by atoms with E-state index < -0.39 is 4.92 Å². The number of nitriles is 1. The van der Waals surface area contributed by atoms with Crippen LogP contribution in [0.2, 0.25) is 0 Å². The molecule has 0 amide bonds. The summed E-state index contributed by atoms with van der Waals surface area (Å²) in [6, 6.07) is 6.43. The average Bonchev–Trinajstić information content (AvgIpc) is 2.45. The average molecular weight is 257 g/mol. The molecule has 0 fully saturated rings. The molecule has 1 aliphatic rings. The highest BCUT2D eigenvalue weighted by molar-refractivity contribution is 5.58. The lowest BCUT2D eigenvalue weighted by molar-refractivity contribution is -0.385. The Morgan fingerprint density at radius 2 is 2.32 bits per heavy atom. The van der Waals surface area contributed by atoms with E-state index >= 15 is 0 Å². The first kappa shape index (κ1) is 13.1. The van der Waals surface area contributed by atoms with Crippen molar-refractivity contribution in [2.75, 3.05) is 11.9 Å². The summed E-state index contributed by atoms with van der Waals surface area (Å²) in [4.78, 5) is 10.2. The molecule has 0 bridgehead atoms. The van der Waals surface area contributed by atoms with E-state index in [1.165, 1.54) is 12.1 Å². The predicted molar refractivity (Wildman–Crippen MR) is 72.8 cm³/mol. The van der Waals surface area contributed by atoms with Gasteiger partial charge in [-0.2, -0.15) is 5.26 Å². The van der Waals surface area contributed by atoms with Crippen molar-refractivity contribution >= 4 is 11.4 Å². The van der Waals surface area contributed by atoms with Crippen molar-refractivity contribution in [1.82, 2.24) is 0 Å². The Morgan fingerprint density at radius 1 is 1.47 bits per heavy atom. The maximum absolute atomic E-state index is 10.7. The normalized spacial score (nSPS) is 17.7. The number of anilines is 1. The van der Waals surface area contributed by atoms with Gasteiger partial charge in [0.1, 0.15) is 11.6 Å². The SMILES string of the molecule is N#Cc1cc(NCC2CC=CCC2)ccc1[N+](=O)[O-]. The first-order valence-electron chi connectivity index (χ1n) is 6.28. The van der Waals surface area contributed by atoms with Gasteiger partial charge < -0.3 is 5.32 Å². The van der Waals surface area contributed by atoms with E-state index in [1.807, 2.05) is 6.07 Å². The van der Waals surface area contributed by atoms with Gasteiger partial charge in [-0.25, -0.2) is 0 Å². The van der Waals surface area contributed by atoms with Crippen LogP contribution in [0.3, 0.4) is 0 Å². The molecule has 98 valence electrons. The van der Waals surface area contributed by atoms with Gasteiger partial charge in [-0.3, -0.25) is 10.1 Å². The zero-order valence-electron chi connectivity index (χ0n) is 10.5. The summed E-state index contributed by atoms with van der Waals surface area (Å²) in [5, 5.41) is 22.9. The molecule has 5 nitrogen and oxygen atoms in total. The molecule has 1 aliphatic carbocycles. The van der Waals surface area contributed by atoms with Crippen molar-refractivity contribution < 1.29 is 4.92 Å². The number of allylic oxidation sites excluding steroid dienone is 2. The van der Waals surface area contributed by atoms with Crippen molar-refractivity contribution in [3.05, 3.63) is 46.0 Å². The van der Waals surface area contributed by atoms with Crippen LogP contribution in [0, 0.1) is 27.4 Å². The number of rotatable bonds is 4. The lowest BCUT2D eigenvalue weighted by atomic mass is 9.94. The number of hydrogen-bond donors (Lipinski definition) is 1. The molecule has 5 heteroatoms. The van der Waals surface area contributed by atoms with Crippen molar-refractivity contribution in [3.63, 3.8) is 0 Å². The van der Waals surface area contributed by atoms with Gasteiger partial charge in [-0.05, 0) is 37.3 Å². The van der Waals surface area contributed by atoms with Crippen LogP contribution in [-0.2, 0) is 0 Å². The van der Waals surface area contributed by atoms with Crippen LogP contribution in [0.25, 0.3) is 0 Å². The zero-order chi connectivity index (χ0) is 13.7. The van der Waals surface area contributed by atoms with Gasteiger partial charge >= 0.3 is 0 Å². The molecule has 1 N–H and O–H groups in total. The Morgan fingerprint density at radius 3 is 2.95 bits per heavy atom. The Labute approximate surface area is 111 Å². The summed E-state index contributed by atoms with van der Waals surface area (Å²) in [5.41, 5.74) is 0.712. The predicted octanol–water partition coefficient (Wildman–Crippen LogP) is 3.23. The van der Waals surface area contributed by atoms with E-state index in [-0.39, 0.29) is 11.3 Å². The van der Waals surface area contributed by atoms with Gasteiger partial charge in [-0.1, -0.05) is 12.2 Å². The van der Waals surface area contributed by atoms with Crippen LogP contribution in [0.15, 0.2) is 30.4 Å². The summed E-state index contributed by atoms with van der Waals surface area (Å²) >= 11 is 0. The minimum Gasteiger partial charge on any atom is -0.385 e. The molecule has 0 saturated carbocycles. The van der Waals surface area contributed by atoms with E-state index in [1.54, 1.807) is 6.07 Å². The topological polar surface area (TPSA) is 79.0 Å². The molecular weight excluding hydrogens is 242 g/mol. The standard InChI is InChI=1S/C14H15N3O2/c15-9-12-8-13(6-7-14(12)17(18)19)16-10-11-4-2-1-3-5-11/h1-2,6-8,11,16H,3-5,10H2. The third-order valence-electron chi connectivity index (χ3n) is 3.29. The van der Waals surface area contributed by atoms with Gasteiger partial charge in [0.05, 0.1) is 4.92 Å². The highest BCUT2D eigenvalue weighted by atomic mass is 16.6. The van der Waals surface area contributed by atoms with Crippen LogP contribution in [0.1, 0.15) is 24.8 Å². The number of nitro groups is 1. The first-order valence-corrected chi connectivity index (χ1v) is 6.28. The van der Waals surface area contributed by atoms with Gasteiger partial charge in [0.15, 0.2) is 0 Å². The first-order chi connectivity index (χ1) is 9.20. The van der Waals surface area contributed by atoms with E-state index in [9.17, 15) is 10.1 Å². The van der Waals surface area contributed by atoms with Crippen LogP contribution >= 0.6 is 0 Å². The molecule has 0 aromatic heterocycles. The van der Waals surface area contributed by atoms with Gasteiger partial charge in [0.2, 0.25) is 0 Å². The molecular formula is C14H15N3O2. The van der Waals surface area contributed by atoms with Gasteiger partial charge in [0, 0.05) is 18.3 Å². The molecule has 0 spiro atoms. The van der Waals surface area contributed by atoms with Crippen LogP contribution in [-0.4, -0.2) is 11.5 Å². The second-order valence-electron chi connectivity index (χ2n) is 4.63. The quantitative estimate of drug-likeness (QED) is 0.510. The van der Waals surface area contributed by atoms with E-state index in [0.717, 1.165) is 31.5 Å².